The molecule has 11 heavy (non-hydrogen) atoms. The van der Waals surface area contributed by atoms with E-state index in [1.54, 1.807) is 0 Å². The maximum Gasteiger partial charge on any atom is 0.320 e. The summed E-state index contributed by atoms with van der Waals surface area (Å²) in [6.45, 7) is 0. The van der Waals surface area contributed by atoms with Crippen molar-refractivity contribution >= 4 is 5.97 Å². The first-order valence-corrected chi connectivity index (χ1v) is 2.87. The number of carboxylic acid groups (broad SMARTS) is 1. The van der Waals surface area contributed by atoms with Gasteiger partial charge in [0.05, 0.1) is 9.04 Å². The smallest absolute Gasteiger partial charge is 0.320 e. The molecule has 0 aliphatic carbocycles. The van der Waals surface area contributed by atoms with Crippen molar-refractivity contribution in [2.24, 2.45) is 5.73 Å². The average molecular weight is 158 g/mol. The fraction of sp³-hybridized carbons (Fsp3) is 0.333. The number of hydrogen-bond acceptors (Lipinski definition) is 3. The number of H-pyrrole nitrogens is 1. The average Bonchev–Trinajstić information content (AvgIpc) is 2.29. The number of nitrogens with two attached hydrogens (primary N) is 1. The van der Waals surface area contributed by atoms with Crippen LogP contribution in [0.1, 0.15) is 9.81 Å². The summed E-state index contributed by atoms with van der Waals surface area (Å²) >= 11 is 0. The van der Waals surface area contributed by atoms with Gasteiger partial charge in [0.2, 0.25) is 0 Å². The largest absolute Gasteiger partial charge is 0.480 e. The van der Waals surface area contributed by atoms with Crippen LogP contribution < -0.4 is 5.73 Å². The summed E-state index contributed by atoms with van der Waals surface area (Å²) in [5.41, 5.74) is 5.22. The molecule has 0 aliphatic rings. The van der Waals surface area contributed by atoms with Gasteiger partial charge in [0.25, 0.3) is 0 Å². The fourth-order valence-electron chi connectivity index (χ4n) is 0.569. The molecule has 0 radical (unpaired) electrons. The van der Waals surface area contributed by atoms with Crippen molar-refractivity contribution in [3.63, 3.8) is 0 Å². The standard InChI is InChI=1S/C6H9N3O2/c7-5(6(10)11)1-4-2-8-3-9-4/h2-3,5H,1,7H2,(H,8,9)(H,10,11)/t5-/m0/s1/i2D,3D,5D. The van der Waals surface area contributed by atoms with Gasteiger partial charge in [-0.25, -0.2) is 4.98 Å². The molecule has 0 amide bonds. The minimum atomic E-state index is -2.20. The SMILES string of the molecule is [2H]c1nc([2H])c(C[C@]([2H])(N)C(=O)O)[nH]1. The van der Waals surface area contributed by atoms with Crippen molar-refractivity contribution in [2.45, 2.75) is 12.4 Å². The first-order chi connectivity index (χ1) is 6.33. The Hall–Kier alpha value is -1.36. The Balaban J connectivity index is 2.88. The number of rotatable bonds is 3. The van der Waals surface area contributed by atoms with E-state index in [2.05, 4.69) is 9.97 Å². The van der Waals surface area contributed by atoms with Gasteiger partial charge in [0, 0.05) is 18.3 Å². The Morgan fingerprint density at radius 1 is 2.18 bits per heavy atom. The number of carboxylic acids is 1. The van der Waals surface area contributed by atoms with Crippen LogP contribution in [0.15, 0.2) is 12.5 Å². The molecule has 1 aromatic rings. The Bertz CT molecular complexity index is 363. The van der Waals surface area contributed by atoms with Crippen LogP contribution in [0.4, 0.5) is 0 Å². The van der Waals surface area contributed by atoms with E-state index in [0.717, 1.165) is 0 Å². The van der Waals surface area contributed by atoms with E-state index in [1.807, 2.05) is 0 Å². The third kappa shape index (κ3) is 2.05. The van der Waals surface area contributed by atoms with E-state index in [4.69, 9.17) is 15.0 Å². The highest BCUT2D eigenvalue weighted by atomic mass is 16.4. The summed E-state index contributed by atoms with van der Waals surface area (Å²) in [5, 5.41) is 8.55. The fourth-order valence-corrected chi connectivity index (χ4v) is 0.569. The maximum absolute atomic E-state index is 10.5. The summed E-state index contributed by atoms with van der Waals surface area (Å²) in [7, 11) is 0. The lowest BCUT2D eigenvalue weighted by Gasteiger charge is -2.02. The van der Waals surface area contributed by atoms with Crippen LogP contribution in [-0.4, -0.2) is 27.1 Å². The Morgan fingerprint density at radius 3 is 3.36 bits per heavy atom. The van der Waals surface area contributed by atoms with E-state index in [9.17, 15) is 4.79 Å². The molecule has 1 heterocycles. The molecular formula is C6H9N3O2. The van der Waals surface area contributed by atoms with Gasteiger partial charge in [-0.05, 0) is 0 Å². The van der Waals surface area contributed by atoms with E-state index in [0.29, 0.717) is 0 Å². The lowest BCUT2D eigenvalue weighted by molar-refractivity contribution is -0.138. The van der Waals surface area contributed by atoms with Crippen LogP contribution in [0.25, 0.3) is 0 Å². The van der Waals surface area contributed by atoms with Crippen LogP contribution in [-0.2, 0) is 11.2 Å². The van der Waals surface area contributed by atoms with Crippen LogP contribution in [0.2, 0.25) is 0 Å². The predicted molar refractivity (Wildman–Crippen MR) is 37.9 cm³/mol. The van der Waals surface area contributed by atoms with Gasteiger partial charge in [0.1, 0.15) is 7.39 Å². The highest BCUT2D eigenvalue weighted by Gasteiger charge is 2.11. The molecule has 5 nitrogen and oxygen atoms in total. The molecule has 60 valence electrons. The van der Waals surface area contributed by atoms with Crippen molar-refractivity contribution in [1.82, 2.24) is 9.97 Å². The number of aromatic nitrogens is 2. The maximum atomic E-state index is 10.5. The number of hydrogen-bond donors (Lipinski definition) is 3. The summed E-state index contributed by atoms with van der Waals surface area (Å²) in [6, 6.07) is -2.20. The summed E-state index contributed by atoms with van der Waals surface area (Å²) in [4.78, 5) is 16.2. The molecule has 0 aliphatic heterocycles. The van der Waals surface area contributed by atoms with Crippen molar-refractivity contribution in [2.75, 3.05) is 0 Å². The predicted octanol–water partition coefficient (Wildman–Crippen LogP) is -0.636. The Labute approximate surface area is 67.5 Å². The Morgan fingerprint density at radius 2 is 2.91 bits per heavy atom. The van der Waals surface area contributed by atoms with Gasteiger partial charge < -0.3 is 15.8 Å². The van der Waals surface area contributed by atoms with Crippen molar-refractivity contribution in [1.29, 1.82) is 0 Å². The molecule has 5 heteroatoms. The molecule has 0 saturated carbocycles. The van der Waals surface area contributed by atoms with Gasteiger partial charge >= 0.3 is 5.97 Å². The number of aromatic amines is 1. The van der Waals surface area contributed by atoms with Gasteiger partial charge in [-0.15, -0.1) is 0 Å². The molecule has 0 unspecified atom stereocenters. The molecule has 0 aromatic carbocycles. The molecule has 0 saturated heterocycles. The number of imidazole rings is 1. The highest BCUT2D eigenvalue weighted by Crippen LogP contribution is 1.95. The second-order valence-corrected chi connectivity index (χ2v) is 1.95. The van der Waals surface area contributed by atoms with Crippen molar-refractivity contribution in [3.05, 3.63) is 18.2 Å². The van der Waals surface area contributed by atoms with Crippen LogP contribution in [0.3, 0.4) is 0 Å². The van der Waals surface area contributed by atoms with E-state index in [1.165, 1.54) is 0 Å². The molecule has 0 fully saturated rings. The van der Waals surface area contributed by atoms with Crippen LogP contribution in [0, 0.1) is 0 Å². The molecule has 4 N–H and O–H groups in total. The number of aliphatic carboxylic acids is 1. The number of nitrogens with zero attached hydrogens (tertiary/aromatic N) is 1. The highest BCUT2D eigenvalue weighted by molar-refractivity contribution is 5.73. The quantitative estimate of drug-likeness (QED) is 0.545. The van der Waals surface area contributed by atoms with E-state index < -0.39 is 12.0 Å². The lowest BCUT2D eigenvalue weighted by atomic mass is 10.2. The van der Waals surface area contributed by atoms with Gasteiger partial charge in [-0.3, -0.25) is 4.79 Å². The minimum absolute atomic E-state index is 0.0786. The van der Waals surface area contributed by atoms with E-state index >= 15 is 0 Å². The summed E-state index contributed by atoms with van der Waals surface area (Å²) in [6.07, 6.45) is -0.878. The molecule has 0 bridgehead atoms. The zero-order valence-corrected chi connectivity index (χ0v) is 5.59. The first-order valence-electron chi connectivity index (χ1n) is 4.37. The van der Waals surface area contributed by atoms with Crippen molar-refractivity contribution in [3.8, 4) is 0 Å². The zero-order chi connectivity index (χ0) is 10.9. The second-order valence-electron chi connectivity index (χ2n) is 1.95. The van der Waals surface area contributed by atoms with E-state index in [-0.39, 0.29) is 24.6 Å². The molecule has 1 aromatic heterocycles. The van der Waals surface area contributed by atoms with Gasteiger partial charge in [0.15, 0.2) is 0 Å². The number of nitrogens with one attached hydrogen (secondary N) is 1. The summed E-state index contributed by atoms with van der Waals surface area (Å²) in [5.74, 6) is -1.49. The molecule has 1 atom stereocenters. The first kappa shape index (κ1) is 4.50. The van der Waals surface area contributed by atoms with Crippen LogP contribution in [0.5, 0.6) is 0 Å². The monoisotopic (exact) mass is 158 g/mol. The van der Waals surface area contributed by atoms with Crippen LogP contribution >= 0.6 is 0 Å². The third-order valence-corrected chi connectivity index (χ3v) is 1.10. The normalized spacial score (nSPS) is 19.5. The molecule has 1 rings (SSSR count). The topological polar surface area (TPSA) is 92.0 Å². The molecule has 0 spiro atoms. The third-order valence-electron chi connectivity index (χ3n) is 1.10. The lowest BCUT2D eigenvalue weighted by Crippen LogP contribution is -2.32. The Kier molecular flexibility index (Phi) is 1.29. The molecular weight excluding hydrogens is 146 g/mol. The van der Waals surface area contributed by atoms with Gasteiger partial charge in [-0.2, -0.15) is 0 Å². The number of carbonyl (C=O) groups is 1. The van der Waals surface area contributed by atoms with Crippen molar-refractivity contribution < 1.29 is 14.0 Å². The summed E-state index contributed by atoms with van der Waals surface area (Å²) < 4.78 is 21.5. The second kappa shape index (κ2) is 3.16. The zero-order valence-electron chi connectivity index (χ0n) is 8.59. The minimum Gasteiger partial charge on any atom is -0.480 e. The van der Waals surface area contributed by atoms with Gasteiger partial charge in [-0.1, -0.05) is 0 Å².